The van der Waals surface area contributed by atoms with Crippen LogP contribution in [0.3, 0.4) is 0 Å². The highest BCUT2D eigenvalue weighted by molar-refractivity contribution is 5.53. The van der Waals surface area contributed by atoms with E-state index in [-0.39, 0.29) is 5.60 Å². The first-order chi connectivity index (χ1) is 7.96. The van der Waals surface area contributed by atoms with Crippen molar-refractivity contribution < 1.29 is 19.3 Å². The smallest absolute Gasteiger partial charge is 0.133 e. The quantitative estimate of drug-likeness (QED) is 0.858. The van der Waals surface area contributed by atoms with Gasteiger partial charge in [-0.1, -0.05) is 0 Å². The molecule has 1 unspecified atom stereocenters. The molecule has 2 rings (SSSR count). The van der Waals surface area contributed by atoms with Crippen LogP contribution in [0.5, 0.6) is 17.2 Å². The van der Waals surface area contributed by atoms with Crippen LogP contribution in [-0.2, 0) is 0 Å². The monoisotopic (exact) mass is 238 g/mol. The zero-order valence-electron chi connectivity index (χ0n) is 10.6. The molecule has 1 N–H and O–H groups in total. The lowest BCUT2D eigenvalue weighted by atomic mass is 9.91. The molecule has 0 radical (unpaired) electrons. The molecule has 0 spiro atoms. The summed E-state index contributed by atoms with van der Waals surface area (Å²) in [6, 6.07) is 3.53. The van der Waals surface area contributed by atoms with Crippen LogP contribution in [0.1, 0.15) is 31.9 Å². The minimum Gasteiger partial charge on any atom is -0.496 e. The molecule has 4 nitrogen and oxygen atoms in total. The molecular weight excluding hydrogens is 220 g/mol. The van der Waals surface area contributed by atoms with Gasteiger partial charge in [0.25, 0.3) is 0 Å². The summed E-state index contributed by atoms with van der Waals surface area (Å²) in [5.41, 5.74) is 0.316. The second-order valence-corrected chi connectivity index (χ2v) is 4.82. The Kier molecular flexibility index (Phi) is 2.91. The SMILES string of the molecule is COc1cc(OC)c2c(c1)OC(C)(C)CC2O. The molecular formula is C13H18O4. The van der Waals surface area contributed by atoms with E-state index in [1.165, 1.54) is 0 Å². The standard InChI is InChI=1S/C13H18O4/c1-13(2)7-9(14)12-10(16-4)5-8(15-3)6-11(12)17-13/h5-6,9,14H,7H2,1-4H3. The average Bonchev–Trinajstić information content (AvgIpc) is 2.25. The summed E-state index contributed by atoms with van der Waals surface area (Å²) < 4.78 is 16.3. The summed E-state index contributed by atoms with van der Waals surface area (Å²) in [5.74, 6) is 1.89. The van der Waals surface area contributed by atoms with Gasteiger partial charge < -0.3 is 19.3 Å². The molecule has 1 aromatic carbocycles. The van der Waals surface area contributed by atoms with E-state index in [0.717, 1.165) is 0 Å². The molecule has 0 saturated carbocycles. The Hall–Kier alpha value is -1.42. The van der Waals surface area contributed by atoms with E-state index in [0.29, 0.717) is 29.2 Å². The molecule has 1 heterocycles. The van der Waals surface area contributed by atoms with E-state index in [2.05, 4.69) is 0 Å². The zero-order valence-corrected chi connectivity index (χ0v) is 10.6. The molecule has 0 aliphatic carbocycles. The Morgan fingerprint density at radius 2 is 2.00 bits per heavy atom. The third-order valence-electron chi connectivity index (χ3n) is 2.94. The van der Waals surface area contributed by atoms with Gasteiger partial charge in [0.2, 0.25) is 0 Å². The molecule has 0 bridgehead atoms. The Bertz CT molecular complexity index is 426. The fraction of sp³-hybridized carbons (Fsp3) is 0.538. The third kappa shape index (κ3) is 2.17. The lowest BCUT2D eigenvalue weighted by molar-refractivity contribution is 0.00980. The normalized spacial score (nSPS) is 21.4. The van der Waals surface area contributed by atoms with Crippen molar-refractivity contribution in [2.75, 3.05) is 14.2 Å². The third-order valence-corrected chi connectivity index (χ3v) is 2.94. The lowest BCUT2D eigenvalue weighted by Crippen LogP contribution is -2.35. The van der Waals surface area contributed by atoms with Crippen molar-refractivity contribution in [2.45, 2.75) is 32.0 Å². The zero-order chi connectivity index (χ0) is 12.6. The summed E-state index contributed by atoms with van der Waals surface area (Å²) >= 11 is 0. The molecule has 0 saturated heterocycles. The molecule has 0 aromatic heterocycles. The van der Waals surface area contributed by atoms with Gasteiger partial charge in [-0.25, -0.2) is 0 Å². The number of aliphatic hydroxyl groups is 1. The largest absolute Gasteiger partial charge is 0.496 e. The van der Waals surface area contributed by atoms with Crippen molar-refractivity contribution in [3.05, 3.63) is 17.7 Å². The van der Waals surface area contributed by atoms with Crippen molar-refractivity contribution in [2.24, 2.45) is 0 Å². The van der Waals surface area contributed by atoms with Gasteiger partial charge in [0.05, 0.1) is 25.9 Å². The topological polar surface area (TPSA) is 47.9 Å². The van der Waals surface area contributed by atoms with Crippen LogP contribution in [0, 0.1) is 0 Å². The van der Waals surface area contributed by atoms with E-state index >= 15 is 0 Å². The summed E-state index contributed by atoms with van der Waals surface area (Å²) in [6.07, 6.45) is -0.0301. The van der Waals surface area contributed by atoms with E-state index in [1.54, 1.807) is 26.4 Å². The Morgan fingerprint density at radius 1 is 1.29 bits per heavy atom. The van der Waals surface area contributed by atoms with Crippen LogP contribution in [0.2, 0.25) is 0 Å². The van der Waals surface area contributed by atoms with Gasteiger partial charge >= 0.3 is 0 Å². The second-order valence-electron chi connectivity index (χ2n) is 4.82. The van der Waals surface area contributed by atoms with Gasteiger partial charge in [-0.15, -0.1) is 0 Å². The fourth-order valence-electron chi connectivity index (χ4n) is 2.18. The summed E-state index contributed by atoms with van der Waals surface area (Å²) in [4.78, 5) is 0. The van der Waals surface area contributed by atoms with Gasteiger partial charge in [0.1, 0.15) is 22.8 Å². The maximum Gasteiger partial charge on any atom is 0.133 e. The Morgan fingerprint density at radius 3 is 2.59 bits per heavy atom. The van der Waals surface area contributed by atoms with Crippen molar-refractivity contribution >= 4 is 0 Å². The van der Waals surface area contributed by atoms with Crippen molar-refractivity contribution in [3.8, 4) is 17.2 Å². The Labute approximate surface area is 101 Å². The number of fused-ring (bicyclic) bond motifs is 1. The number of aliphatic hydroxyl groups excluding tert-OH is 1. The second kappa shape index (κ2) is 4.11. The van der Waals surface area contributed by atoms with Crippen LogP contribution >= 0.6 is 0 Å². The van der Waals surface area contributed by atoms with E-state index in [9.17, 15) is 5.11 Å². The highest BCUT2D eigenvalue weighted by Gasteiger charge is 2.35. The molecule has 1 aliphatic rings. The van der Waals surface area contributed by atoms with Crippen molar-refractivity contribution in [1.29, 1.82) is 0 Å². The number of hydrogen-bond donors (Lipinski definition) is 1. The minimum atomic E-state index is -0.574. The maximum atomic E-state index is 10.2. The molecule has 17 heavy (non-hydrogen) atoms. The minimum absolute atomic E-state index is 0.385. The van der Waals surface area contributed by atoms with Crippen LogP contribution < -0.4 is 14.2 Å². The van der Waals surface area contributed by atoms with E-state index in [4.69, 9.17) is 14.2 Å². The molecule has 4 heteroatoms. The highest BCUT2D eigenvalue weighted by atomic mass is 16.5. The predicted molar refractivity (Wildman–Crippen MR) is 63.8 cm³/mol. The predicted octanol–water partition coefficient (Wildman–Crippen LogP) is 2.30. The lowest BCUT2D eigenvalue weighted by Gasteiger charge is -2.36. The van der Waals surface area contributed by atoms with Crippen LogP contribution in [-0.4, -0.2) is 24.9 Å². The van der Waals surface area contributed by atoms with Crippen LogP contribution in [0.4, 0.5) is 0 Å². The van der Waals surface area contributed by atoms with Crippen LogP contribution in [0.15, 0.2) is 12.1 Å². The van der Waals surface area contributed by atoms with Crippen molar-refractivity contribution in [1.82, 2.24) is 0 Å². The van der Waals surface area contributed by atoms with Gasteiger partial charge in [-0.3, -0.25) is 0 Å². The molecule has 0 fully saturated rings. The number of rotatable bonds is 2. The average molecular weight is 238 g/mol. The summed E-state index contributed by atoms with van der Waals surface area (Å²) in [7, 11) is 3.16. The first-order valence-corrected chi connectivity index (χ1v) is 5.60. The van der Waals surface area contributed by atoms with Crippen molar-refractivity contribution in [3.63, 3.8) is 0 Å². The number of hydrogen-bond acceptors (Lipinski definition) is 4. The molecule has 1 atom stereocenters. The van der Waals surface area contributed by atoms with Crippen LogP contribution in [0.25, 0.3) is 0 Å². The Balaban J connectivity index is 2.54. The number of methoxy groups -OCH3 is 2. The first kappa shape index (κ1) is 12.0. The van der Waals surface area contributed by atoms with E-state index in [1.807, 2.05) is 13.8 Å². The summed E-state index contributed by atoms with van der Waals surface area (Å²) in [5, 5.41) is 10.2. The molecule has 0 amide bonds. The molecule has 1 aromatic rings. The highest BCUT2D eigenvalue weighted by Crippen LogP contribution is 2.46. The van der Waals surface area contributed by atoms with E-state index < -0.39 is 6.10 Å². The molecule has 94 valence electrons. The fourth-order valence-corrected chi connectivity index (χ4v) is 2.18. The van der Waals surface area contributed by atoms with Gasteiger partial charge in [-0.2, -0.15) is 0 Å². The van der Waals surface area contributed by atoms with Gasteiger partial charge in [-0.05, 0) is 13.8 Å². The molecule has 1 aliphatic heterocycles. The van der Waals surface area contributed by atoms with Gasteiger partial charge in [0, 0.05) is 18.6 Å². The number of ether oxygens (including phenoxy) is 3. The first-order valence-electron chi connectivity index (χ1n) is 5.60. The van der Waals surface area contributed by atoms with Gasteiger partial charge in [0.15, 0.2) is 0 Å². The summed E-state index contributed by atoms with van der Waals surface area (Å²) in [6.45, 7) is 3.90. The number of benzene rings is 1. The maximum absolute atomic E-state index is 10.2.